The van der Waals surface area contributed by atoms with Crippen LogP contribution in [0.25, 0.3) is 11.1 Å². The van der Waals surface area contributed by atoms with Crippen molar-refractivity contribution >= 4 is 27.3 Å². The van der Waals surface area contributed by atoms with Crippen molar-refractivity contribution in [3.8, 4) is 22.6 Å². The molecule has 2 atom stereocenters. The summed E-state index contributed by atoms with van der Waals surface area (Å²) in [4.78, 5) is 4.07. The third-order valence-electron chi connectivity index (χ3n) is 5.71. The van der Waals surface area contributed by atoms with Crippen LogP contribution in [-0.2, 0) is 12.8 Å². The molecule has 1 aromatic heterocycles. The van der Waals surface area contributed by atoms with Crippen LogP contribution in [0.15, 0.2) is 41.1 Å². The fraction of sp³-hybridized carbons (Fsp3) is 0.320. The van der Waals surface area contributed by atoms with Crippen LogP contribution in [0, 0.1) is 13.8 Å². The van der Waals surface area contributed by atoms with Crippen molar-refractivity contribution in [2.24, 2.45) is 0 Å². The maximum atomic E-state index is 6.04. The van der Waals surface area contributed by atoms with Crippen LogP contribution in [-0.4, -0.2) is 17.2 Å². The molecule has 6 heteroatoms. The highest BCUT2D eigenvalue weighted by molar-refractivity contribution is 9.10. The maximum Gasteiger partial charge on any atom is 0.147 e. The van der Waals surface area contributed by atoms with Gasteiger partial charge in [-0.25, -0.2) is 0 Å². The van der Waals surface area contributed by atoms with Crippen molar-refractivity contribution in [2.45, 2.75) is 52.7 Å². The molecule has 5 nitrogen and oxygen atoms in total. The number of hydrogen-bond acceptors (Lipinski definition) is 5. The Balaban J connectivity index is 0.000000158. The molecule has 3 aromatic rings. The van der Waals surface area contributed by atoms with E-state index in [1.165, 1.54) is 33.4 Å². The smallest absolute Gasteiger partial charge is 0.147 e. The Morgan fingerprint density at radius 3 is 2.00 bits per heavy atom. The first-order valence-corrected chi connectivity index (χ1v) is 11.3. The third-order valence-corrected chi connectivity index (χ3v) is 6.82. The highest BCUT2D eigenvalue weighted by Gasteiger charge is 2.26. The number of hydrogen-bond donors (Lipinski definition) is 2. The van der Waals surface area contributed by atoms with E-state index in [9.17, 15) is 0 Å². The van der Waals surface area contributed by atoms with Gasteiger partial charge in [0.05, 0.1) is 11.4 Å². The van der Waals surface area contributed by atoms with Crippen molar-refractivity contribution in [3.05, 3.63) is 63.4 Å². The van der Waals surface area contributed by atoms with Crippen LogP contribution in [0.3, 0.4) is 0 Å². The highest BCUT2D eigenvalue weighted by atomic mass is 79.9. The molecule has 0 bridgehead atoms. The SMILES string of the molecule is Cc1cc(N)c2c(c1-c1ccncc1)C[C@@H](C)O2.Cc1cc(N)c2c(c1Br)C[C@@H](C)O2. The summed E-state index contributed by atoms with van der Waals surface area (Å²) < 4.78 is 12.6. The summed E-state index contributed by atoms with van der Waals surface area (Å²) in [6.07, 6.45) is 5.94. The molecule has 31 heavy (non-hydrogen) atoms. The second-order valence-corrected chi connectivity index (χ2v) is 9.16. The zero-order chi connectivity index (χ0) is 22.3. The van der Waals surface area contributed by atoms with Crippen molar-refractivity contribution in [3.63, 3.8) is 0 Å². The summed E-state index contributed by atoms with van der Waals surface area (Å²) in [6.45, 7) is 8.27. The molecule has 0 aliphatic carbocycles. The van der Waals surface area contributed by atoms with Crippen LogP contribution in [0.1, 0.15) is 36.1 Å². The largest absolute Gasteiger partial charge is 0.488 e. The van der Waals surface area contributed by atoms with Crippen LogP contribution in [0.5, 0.6) is 11.5 Å². The van der Waals surface area contributed by atoms with Gasteiger partial charge in [0.1, 0.15) is 23.7 Å². The molecule has 2 aliphatic heterocycles. The van der Waals surface area contributed by atoms with E-state index in [4.69, 9.17) is 20.9 Å². The van der Waals surface area contributed by atoms with Gasteiger partial charge in [0.15, 0.2) is 0 Å². The molecule has 2 aromatic carbocycles. The molecule has 0 unspecified atom stereocenters. The third kappa shape index (κ3) is 4.09. The minimum Gasteiger partial charge on any atom is -0.488 e. The van der Waals surface area contributed by atoms with Gasteiger partial charge in [-0.2, -0.15) is 0 Å². The number of aryl methyl sites for hydroxylation is 2. The van der Waals surface area contributed by atoms with Crippen molar-refractivity contribution in [2.75, 3.05) is 11.5 Å². The van der Waals surface area contributed by atoms with Crippen LogP contribution < -0.4 is 20.9 Å². The number of ether oxygens (including phenoxy) is 2. The zero-order valence-electron chi connectivity index (χ0n) is 18.3. The summed E-state index contributed by atoms with van der Waals surface area (Å²) in [5.74, 6) is 1.73. The molecular formula is C25H28BrN3O2. The van der Waals surface area contributed by atoms with Gasteiger partial charge in [-0.3, -0.25) is 4.98 Å². The summed E-state index contributed by atoms with van der Waals surface area (Å²) in [6, 6.07) is 8.00. The fourth-order valence-electron chi connectivity index (χ4n) is 4.41. The van der Waals surface area contributed by atoms with E-state index in [1.54, 1.807) is 0 Å². The number of nitrogen functional groups attached to an aromatic ring is 2. The molecule has 2 aliphatic rings. The van der Waals surface area contributed by atoms with E-state index in [0.29, 0.717) is 0 Å². The monoisotopic (exact) mass is 481 g/mol. The van der Waals surface area contributed by atoms with Crippen molar-refractivity contribution in [1.29, 1.82) is 0 Å². The minimum atomic E-state index is 0.199. The summed E-state index contributed by atoms with van der Waals surface area (Å²) in [5.41, 5.74) is 20.6. The lowest BCUT2D eigenvalue weighted by molar-refractivity contribution is 0.255. The number of fused-ring (bicyclic) bond motifs is 2. The molecule has 5 rings (SSSR count). The van der Waals surface area contributed by atoms with Gasteiger partial charge >= 0.3 is 0 Å². The van der Waals surface area contributed by atoms with Gasteiger partial charge in [-0.05, 0) is 74.2 Å². The Morgan fingerprint density at radius 1 is 0.871 bits per heavy atom. The molecule has 0 amide bonds. The van der Waals surface area contributed by atoms with E-state index in [0.717, 1.165) is 40.2 Å². The molecule has 0 saturated carbocycles. The average molecular weight is 482 g/mol. The van der Waals surface area contributed by atoms with Gasteiger partial charge in [-0.15, -0.1) is 0 Å². The Kier molecular flexibility index (Phi) is 5.84. The molecular weight excluding hydrogens is 454 g/mol. The lowest BCUT2D eigenvalue weighted by Crippen LogP contribution is -2.05. The summed E-state index contributed by atoms with van der Waals surface area (Å²) in [5, 5.41) is 0. The zero-order valence-corrected chi connectivity index (χ0v) is 19.9. The standard InChI is InChI=1S/C15H16N2O.C10H12BrNO/c1-9-7-13(16)15-12(8-10(2)18-15)14(9)11-3-5-17-6-4-11;1-5-3-8(12)10-7(9(5)11)4-6(2)13-10/h3-7,10H,8,16H2,1-2H3;3,6H,4,12H2,1-2H3/t10-;6-/m11/s1. The topological polar surface area (TPSA) is 83.4 Å². The van der Waals surface area contributed by atoms with Crippen LogP contribution >= 0.6 is 15.9 Å². The van der Waals surface area contributed by atoms with Gasteiger partial charge < -0.3 is 20.9 Å². The van der Waals surface area contributed by atoms with Gasteiger partial charge in [0, 0.05) is 40.8 Å². The lowest BCUT2D eigenvalue weighted by Gasteiger charge is -2.13. The van der Waals surface area contributed by atoms with Crippen LogP contribution in [0.2, 0.25) is 0 Å². The number of aromatic nitrogens is 1. The second-order valence-electron chi connectivity index (χ2n) is 8.37. The molecule has 0 radical (unpaired) electrons. The Morgan fingerprint density at radius 2 is 1.39 bits per heavy atom. The number of pyridine rings is 1. The predicted molar refractivity (Wildman–Crippen MR) is 130 cm³/mol. The van der Waals surface area contributed by atoms with E-state index < -0.39 is 0 Å². The summed E-state index contributed by atoms with van der Waals surface area (Å²) in [7, 11) is 0. The highest BCUT2D eigenvalue weighted by Crippen LogP contribution is 2.43. The maximum absolute atomic E-state index is 6.04. The fourth-order valence-corrected chi connectivity index (χ4v) is 4.86. The first-order valence-electron chi connectivity index (χ1n) is 10.5. The number of halogens is 1. The Labute approximate surface area is 191 Å². The predicted octanol–water partition coefficient (Wildman–Crippen LogP) is 5.63. The first-order chi connectivity index (χ1) is 14.8. The second kappa shape index (κ2) is 8.42. The molecule has 4 N–H and O–H groups in total. The van der Waals surface area contributed by atoms with E-state index >= 15 is 0 Å². The van der Waals surface area contributed by atoms with Gasteiger partial charge in [-0.1, -0.05) is 15.9 Å². The van der Waals surface area contributed by atoms with Gasteiger partial charge in [0.2, 0.25) is 0 Å². The molecule has 0 fully saturated rings. The minimum absolute atomic E-state index is 0.199. The van der Waals surface area contributed by atoms with Gasteiger partial charge in [0.25, 0.3) is 0 Å². The molecule has 3 heterocycles. The normalized spacial score (nSPS) is 18.4. The van der Waals surface area contributed by atoms with Crippen molar-refractivity contribution < 1.29 is 9.47 Å². The first kappa shape index (κ1) is 21.5. The van der Waals surface area contributed by atoms with Crippen LogP contribution in [0.4, 0.5) is 11.4 Å². The Bertz CT molecular complexity index is 1130. The Hall–Kier alpha value is -2.73. The number of benzene rings is 2. The van der Waals surface area contributed by atoms with Crippen molar-refractivity contribution in [1.82, 2.24) is 4.98 Å². The van der Waals surface area contributed by atoms with E-state index in [-0.39, 0.29) is 12.2 Å². The number of anilines is 2. The molecule has 0 spiro atoms. The molecule has 162 valence electrons. The quantitative estimate of drug-likeness (QED) is 0.440. The lowest BCUT2D eigenvalue weighted by atomic mass is 9.92. The average Bonchev–Trinajstić information content (AvgIpc) is 3.31. The number of rotatable bonds is 1. The molecule has 0 saturated heterocycles. The van der Waals surface area contributed by atoms with E-state index in [1.807, 2.05) is 43.6 Å². The number of nitrogens with two attached hydrogens (primary N) is 2. The van der Waals surface area contributed by atoms with E-state index in [2.05, 4.69) is 41.7 Å². The number of nitrogens with zero attached hydrogens (tertiary/aromatic N) is 1. The summed E-state index contributed by atoms with van der Waals surface area (Å²) >= 11 is 3.56.